The smallest absolute Gasteiger partial charge is 0.213 e. The van der Waals surface area contributed by atoms with E-state index in [0.717, 1.165) is 35.1 Å². The molecule has 1 aromatic heterocycles. The third-order valence-electron chi connectivity index (χ3n) is 7.42. The first-order valence-electron chi connectivity index (χ1n) is 12.8. The Hall–Kier alpha value is -2.69. The zero-order valence-electron chi connectivity index (χ0n) is 22.2. The molecule has 0 spiro atoms. The second-order valence-electron chi connectivity index (χ2n) is 11.6. The van der Waals surface area contributed by atoms with Crippen molar-refractivity contribution in [2.75, 3.05) is 12.8 Å². The highest BCUT2D eigenvalue weighted by Gasteiger charge is 2.35. The summed E-state index contributed by atoms with van der Waals surface area (Å²) in [5.74, 6) is 0.683. The van der Waals surface area contributed by atoms with Crippen molar-refractivity contribution >= 4 is 7.37 Å². The van der Waals surface area contributed by atoms with Crippen molar-refractivity contribution in [2.45, 2.75) is 59.0 Å². The van der Waals surface area contributed by atoms with Crippen LogP contribution in [0, 0.1) is 17.2 Å². The van der Waals surface area contributed by atoms with Gasteiger partial charge in [0.15, 0.2) is 7.37 Å². The molecule has 0 radical (unpaired) electrons. The molecule has 2 N–H and O–H groups in total. The average molecular weight is 526 g/mol. The summed E-state index contributed by atoms with van der Waals surface area (Å²) >= 11 is 0. The average Bonchev–Trinajstić information content (AvgIpc) is 3.67. The van der Waals surface area contributed by atoms with Crippen molar-refractivity contribution in [3.63, 3.8) is 0 Å². The van der Waals surface area contributed by atoms with Crippen LogP contribution in [0.3, 0.4) is 0 Å². The van der Waals surface area contributed by atoms with Crippen LogP contribution in [0.2, 0.25) is 0 Å². The zero-order valence-corrected chi connectivity index (χ0v) is 23.1. The predicted octanol–water partition coefficient (Wildman–Crippen LogP) is 7.72. The maximum absolute atomic E-state index is 14.8. The summed E-state index contributed by atoms with van der Waals surface area (Å²) in [7, 11) is -3.15. The molecule has 0 aliphatic heterocycles. The molecule has 1 unspecified atom stereocenters. The van der Waals surface area contributed by atoms with Crippen LogP contribution in [0.1, 0.15) is 69.1 Å². The van der Waals surface area contributed by atoms with Crippen LogP contribution in [0.15, 0.2) is 54.7 Å². The largest absolute Gasteiger partial charge is 0.508 e. The molecule has 198 valence electrons. The summed E-state index contributed by atoms with van der Waals surface area (Å²) in [6.07, 6.45) is 4.11. The van der Waals surface area contributed by atoms with Crippen LogP contribution >= 0.6 is 7.37 Å². The van der Waals surface area contributed by atoms with Gasteiger partial charge >= 0.3 is 0 Å². The summed E-state index contributed by atoms with van der Waals surface area (Å²) in [6.45, 7) is 10.3. The Bertz CT molecular complexity index is 1310. The van der Waals surface area contributed by atoms with Crippen LogP contribution in [0.5, 0.6) is 11.6 Å². The Morgan fingerprint density at radius 2 is 1.84 bits per heavy atom. The number of halogens is 1. The fraction of sp³-hybridized carbons (Fsp3) is 0.433. The molecule has 4 rings (SSSR count). The molecule has 0 saturated heterocycles. The van der Waals surface area contributed by atoms with E-state index >= 15 is 0 Å². The highest BCUT2D eigenvalue weighted by molar-refractivity contribution is 7.57. The second kappa shape index (κ2) is 10.6. The van der Waals surface area contributed by atoms with Gasteiger partial charge in [0.25, 0.3) is 0 Å². The first kappa shape index (κ1) is 27.3. The quantitative estimate of drug-likeness (QED) is 0.280. The lowest BCUT2D eigenvalue weighted by Gasteiger charge is -2.30. The van der Waals surface area contributed by atoms with Gasteiger partial charge in [-0.2, -0.15) is 0 Å². The van der Waals surface area contributed by atoms with Gasteiger partial charge in [-0.15, -0.1) is 0 Å². The van der Waals surface area contributed by atoms with Gasteiger partial charge in [0.2, 0.25) is 5.88 Å². The maximum atomic E-state index is 14.8. The Morgan fingerprint density at radius 3 is 2.49 bits per heavy atom. The molecular weight excluding hydrogens is 488 g/mol. The van der Waals surface area contributed by atoms with E-state index in [4.69, 9.17) is 4.74 Å². The van der Waals surface area contributed by atoms with Gasteiger partial charge in [-0.3, -0.25) is 4.57 Å². The van der Waals surface area contributed by atoms with Crippen LogP contribution in [-0.2, 0) is 11.2 Å². The van der Waals surface area contributed by atoms with E-state index in [-0.39, 0.29) is 41.6 Å². The third-order valence-corrected chi connectivity index (χ3v) is 8.49. The molecule has 0 bridgehead atoms. The first-order valence-corrected chi connectivity index (χ1v) is 15.1. The molecule has 1 saturated carbocycles. The number of aromatic hydroxyl groups is 1. The van der Waals surface area contributed by atoms with Crippen molar-refractivity contribution < 1.29 is 23.7 Å². The van der Waals surface area contributed by atoms with Gasteiger partial charge in [0.05, 0.1) is 0 Å². The second-order valence-corrected chi connectivity index (χ2v) is 14.0. The maximum Gasteiger partial charge on any atom is 0.213 e. The molecule has 3 atom stereocenters. The van der Waals surface area contributed by atoms with Gasteiger partial charge < -0.3 is 14.7 Å². The third kappa shape index (κ3) is 7.00. The predicted molar refractivity (Wildman–Crippen MR) is 146 cm³/mol. The van der Waals surface area contributed by atoms with Gasteiger partial charge in [0.1, 0.15) is 18.2 Å². The summed E-state index contributed by atoms with van der Waals surface area (Å²) in [6, 6.07) is 13.7. The number of ether oxygens (including phenoxy) is 1. The van der Waals surface area contributed by atoms with Crippen molar-refractivity contribution in [2.24, 2.45) is 11.3 Å². The molecule has 0 amide bonds. The summed E-state index contributed by atoms with van der Waals surface area (Å²) in [5.41, 5.74) is 3.95. The molecule has 5 nitrogen and oxygen atoms in total. The van der Waals surface area contributed by atoms with E-state index in [1.165, 1.54) is 24.9 Å². The number of rotatable bonds is 9. The fourth-order valence-electron chi connectivity index (χ4n) is 4.77. The number of aromatic nitrogens is 1. The minimum atomic E-state index is -3.15. The molecule has 2 aromatic carbocycles. The minimum absolute atomic E-state index is 0.0225. The molecule has 1 fully saturated rings. The summed E-state index contributed by atoms with van der Waals surface area (Å²) in [4.78, 5) is 14.3. The van der Waals surface area contributed by atoms with E-state index in [1.807, 2.05) is 30.3 Å². The lowest BCUT2D eigenvalue weighted by atomic mass is 9.75. The summed E-state index contributed by atoms with van der Waals surface area (Å²) < 4.78 is 32.9. The standard InChI is InChI=1S/C30H37FNO4P/c1-19(30(2,3)4)25-14-20(6-10-24(25)26-16-23(33)9-11-28(26)31)17-36-29-15-22(12-13-32-29)27(21-7-8-21)18-37(5,34)35/h6,9-16,19,21,27,33H,7-8,17-18H2,1-5H3,(H,34,35)/t19-,27+/m1/s1. The molecular formula is C30H37FNO4P. The number of phenols is 1. The van der Waals surface area contributed by atoms with Crippen molar-refractivity contribution in [1.29, 1.82) is 0 Å². The molecule has 3 aromatic rings. The van der Waals surface area contributed by atoms with E-state index in [2.05, 4.69) is 32.7 Å². The van der Waals surface area contributed by atoms with Crippen LogP contribution in [-0.4, -0.2) is 27.8 Å². The number of nitrogens with zero attached hydrogens (tertiary/aromatic N) is 1. The number of phenolic OH excluding ortho intramolecular Hbond substituents is 1. The Balaban J connectivity index is 1.60. The highest BCUT2D eigenvalue weighted by Crippen LogP contribution is 2.50. The van der Waals surface area contributed by atoms with Gasteiger partial charge in [-0.05, 0) is 82.5 Å². The molecule has 1 heterocycles. The van der Waals surface area contributed by atoms with Crippen LogP contribution in [0.25, 0.3) is 11.1 Å². The van der Waals surface area contributed by atoms with E-state index in [9.17, 15) is 19.0 Å². The van der Waals surface area contributed by atoms with Crippen molar-refractivity contribution in [3.8, 4) is 22.8 Å². The Morgan fingerprint density at radius 1 is 1.11 bits per heavy atom. The fourth-order valence-corrected chi connectivity index (χ4v) is 6.01. The van der Waals surface area contributed by atoms with Crippen LogP contribution in [0.4, 0.5) is 4.39 Å². The zero-order chi connectivity index (χ0) is 27.0. The highest BCUT2D eigenvalue weighted by atomic mass is 31.2. The van der Waals surface area contributed by atoms with Crippen molar-refractivity contribution in [3.05, 3.63) is 77.2 Å². The van der Waals surface area contributed by atoms with Gasteiger partial charge in [-0.25, -0.2) is 9.37 Å². The topological polar surface area (TPSA) is 79.7 Å². The van der Waals surface area contributed by atoms with Gasteiger partial charge in [-0.1, -0.05) is 45.9 Å². The van der Waals surface area contributed by atoms with E-state index < -0.39 is 7.37 Å². The SMILES string of the molecule is C[C@H](c1cc(COc2cc([C@@H](CP(C)(=O)O)C3CC3)ccn2)ccc1-c1cc(O)ccc1F)C(C)(C)C. The van der Waals surface area contributed by atoms with E-state index in [1.54, 1.807) is 6.20 Å². The first-order chi connectivity index (χ1) is 17.3. The minimum Gasteiger partial charge on any atom is -0.508 e. The lowest BCUT2D eigenvalue weighted by molar-refractivity contribution is 0.292. The Labute approximate surface area is 219 Å². The lowest BCUT2D eigenvalue weighted by Crippen LogP contribution is -2.16. The van der Waals surface area contributed by atoms with Crippen molar-refractivity contribution in [1.82, 2.24) is 4.98 Å². The van der Waals surface area contributed by atoms with Gasteiger partial charge in [0, 0.05) is 30.7 Å². The number of hydrogen-bond acceptors (Lipinski definition) is 4. The molecule has 1 aliphatic carbocycles. The molecule has 1 aliphatic rings. The Kier molecular flexibility index (Phi) is 7.83. The normalized spacial score (nSPS) is 17.2. The molecule has 7 heteroatoms. The van der Waals surface area contributed by atoms with Crippen LogP contribution < -0.4 is 4.74 Å². The summed E-state index contributed by atoms with van der Waals surface area (Å²) in [5, 5.41) is 9.99. The van der Waals surface area contributed by atoms with E-state index in [0.29, 0.717) is 17.4 Å². The number of pyridine rings is 1. The number of hydrogen-bond donors (Lipinski definition) is 2. The molecule has 37 heavy (non-hydrogen) atoms. The number of benzene rings is 2. The monoisotopic (exact) mass is 525 g/mol.